The number of ether oxygens (including phenoxy) is 1. The van der Waals surface area contributed by atoms with Crippen LogP contribution in [-0.4, -0.2) is 6.61 Å². The van der Waals surface area contributed by atoms with Gasteiger partial charge < -0.3 is 4.74 Å². The minimum absolute atomic E-state index is 0.718. The van der Waals surface area contributed by atoms with Crippen LogP contribution < -0.4 is 4.74 Å². The van der Waals surface area contributed by atoms with Gasteiger partial charge >= 0.3 is 0 Å². The second-order valence-corrected chi connectivity index (χ2v) is 3.45. The Balaban J connectivity index is 3.06. The maximum Gasteiger partial charge on any atom is 0.122 e. The zero-order valence-electron chi connectivity index (χ0n) is 8.42. The fourth-order valence-corrected chi connectivity index (χ4v) is 1.70. The van der Waals surface area contributed by atoms with Gasteiger partial charge in [0, 0.05) is 5.75 Å². The van der Waals surface area contributed by atoms with Crippen molar-refractivity contribution in [1.82, 2.24) is 0 Å². The molecule has 0 aliphatic carbocycles. The molecule has 0 bridgehead atoms. The topological polar surface area (TPSA) is 9.23 Å². The normalized spacial score (nSPS) is 10.2. The van der Waals surface area contributed by atoms with Crippen LogP contribution in [0, 0.1) is 13.8 Å². The van der Waals surface area contributed by atoms with Crippen molar-refractivity contribution in [3.05, 3.63) is 28.8 Å². The van der Waals surface area contributed by atoms with Crippen LogP contribution in [-0.2, 0) is 5.75 Å². The van der Waals surface area contributed by atoms with Crippen molar-refractivity contribution in [2.45, 2.75) is 26.5 Å². The SMILES string of the molecule is CCOc1cc(CS)c(C)cc1C. The molecule has 0 aliphatic rings. The van der Waals surface area contributed by atoms with Crippen LogP contribution in [0.2, 0.25) is 0 Å². The molecule has 0 radical (unpaired) electrons. The Kier molecular flexibility index (Phi) is 3.67. The molecular weight excluding hydrogens is 180 g/mol. The Hall–Kier alpha value is -0.630. The molecule has 1 aromatic carbocycles. The van der Waals surface area contributed by atoms with Crippen LogP contribution in [0.5, 0.6) is 5.75 Å². The van der Waals surface area contributed by atoms with E-state index < -0.39 is 0 Å². The highest BCUT2D eigenvalue weighted by Crippen LogP contribution is 2.23. The van der Waals surface area contributed by atoms with Gasteiger partial charge in [-0.3, -0.25) is 0 Å². The molecule has 1 rings (SSSR count). The predicted molar refractivity (Wildman–Crippen MR) is 59.8 cm³/mol. The fourth-order valence-electron chi connectivity index (χ4n) is 1.36. The summed E-state index contributed by atoms with van der Waals surface area (Å²) in [5, 5.41) is 0. The molecule has 0 spiro atoms. The van der Waals surface area contributed by atoms with E-state index in [0.717, 1.165) is 18.1 Å². The van der Waals surface area contributed by atoms with Gasteiger partial charge in [0.25, 0.3) is 0 Å². The van der Waals surface area contributed by atoms with Crippen molar-refractivity contribution >= 4 is 12.6 Å². The Labute approximate surface area is 85.5 Å². The molecule has 72 valence electrons. The van der Waals surface area contributed by atoms with E-state index in [0.29, 0.717) is 0 Å². The smallest absolute Gasteiger partial charge is 0.122 e. The summed E-state index contributed by atoms with van der Waals surface area (Å²) in [7, 11) is 0. The zero-order valence-corrected chi connectivity index (χ0v) is 9.32. The van der Waals surface area contributed by atoms with Gasteiger partial charge in [-0.25, -0.2) is 0 Å². The molecule has 0 atom stereocenters. The summed E-state index contributed by atoms with van der Waals surface area (Å²) in [5.41, 5.74) is 3.73. The third-order valence-electron chi connectivity index (χ3n) is 2.10. The van der Waals surface area contributed by atoms with Gasteiger partial charge in [0.15, 0.2) is 0 Å². The third kappa shape index (κ3) is 2.41. The average Bonchev–Trinajstić information content (AvgIpc) is 2.10. The van der Waals surface area contributed by atoms with Crippen molar-refractivity contribution in [3.63, 3.8) is 0 Å². The maximum absolute atomic E-state index is 5.50. The highest BCUT2D eigenvalue weighted by Gasteiger charge is 2.03. The zero-order chi connectivity index (χ0) is 9.84. The van der Waals surface area contributed by atoms with Crippen molar-refractivity contribution < 1.29 is 4.74 Å². The van der Waals surface area contributed by atoms with Crippen LogP contribution in [0.3, 0.4) is 0 Å². The summed E-state index contributed by atoms with van der Waals surface area (Å²) < 4.78 is 5.50. The second kappa shape index (κ2) is 4.56. The fraction of sp³-hybridized carbons (Fsp3) is 0.455. The van der Waals surface area contributed by atoms with E-state index in [4.69, 9.17) is 4.74 Å². The molecule has 1 nitrogen and oxygen atoms in total. The maximum atomic E-state index is 5.50. The van der Waals surface area contributed by atoms with Crippen molar-refractivity contribution in [2.24, 2.45) is 0 Å². The summed E-state index contributed by atoms with van der Waals surface area (Å²) in [6.45, 7) is 6.89. The summed E-state index contributed by atoms with van der Waals surface area (Å²) in [6.07, 6.45) is 0. The van der Waals surface area contributed by atoms with Gasteiger partial charge in [0.2, 0.25) is 0 Å². The van der Waals surface area contributed by atoms with Crippen LogP contribution in [0.15, 0.2) is 12.1 Å². The quantitative estimate of drug-likeness (QED) is 0.731. The molecule has 0 aliphatic heterocycles. The lowest BCUT2D eigenvalue weighted by molar-refractivity contribution is 0.337. The highest BCUT2D eigenvalue weighted by atomic mass is 32.1. The molecule has 0 unspecified atom stereocenters. The van der Waals surface area contributed by atoms with Crippen LogP contribution in [0.1, 0.15) is 23.6 Å². The Morgan fingerprint density at radius 1 is 1.23 bits per heavy atom. The molecular formula is C11H16OS. The second-order valence-electron chi connectivity index (χ2n) is 3.14. The van der Waals surface area contributed by atoms with Crippen molar-refractivity contribution in [1.29, 1.82) is 0 Å². The molecule has 0 saturated carbocycles. The van der Waals surface area contributed by atoms with Crippen LogP contribution in [0.4, 0.5) is 0 Å². The molecule has 2 heteroatoms. The first kappa shape index (κ1) is 10.5. The van der Waals surface area contributed by atoms with E-state index in [1.807, 2.05) is 6.92 Å². The number of hydrogen-bond donors (Lipinski definition) is 1. The first-order chi connectivity index (χ1) is 6.19. The van der Waals surface area contributed by atoms with E-state index >= 15 is 0 Å². The van der Waals surface area contributed by atoms with E-state index in [2.05, 4.69) is 38.6 Å². The predicted octanol–water partition coefficient (Wildman–Crippen LogP) is 3.13. The van der Waals surface area contributed by atoms with Crippen LogP contribution in [0.25, 0.3) is 0 Å². The first-order valence-electron chi connectivity index (χ1n) is 4.52. The summed E-state index contributed by atoms with van der Waals surface area (Å²) in [4.78, 5) is 0. The van der Waals surface area contributed by atoms with Gasteiger partial charge in [0.1, 0.15) is 5.75 Å². The molecule has 0 fully saturated rings. The highest BCUT2D eigenvalue weighted by molar-refractivity contribution is 7.79. The Morgan fingerprint density at radius 3 is 2.46 bits per heavy atom. The van der Waals surface area contributed by atoms with Gasteiger partial charge in [0.05, 0.1) is 6.61 Å². The molecule has 1 aromatic rings. The van der Waals surface area contributed by atoms with E-state index in [9.17, 15) is 0 Å². The first-order valence-corrected chi connectivity index (χ1v) is 5.16. The summed E-state index contributed by atoms with van der Waals surface area (Å²) in [5.74, 6) is 1.75. The molecule has 13 heavy (non-hydrogen) atoms. The van der Waals surface area contributed by atoms with E-state index in [1.165, 1.54) is 16.7 Å². The minimum atomic E-state index is 0.718. The largest absolute Gasteiger partial charge is 0.494 e. The standard InChI is InChI=1S/C11H16OS/c1-4-12-11-6-10(7-13)8(2)5-9(11)3/h5-6,13H,4,7H2,1-3H3. The van der Waals surface area contributed by atoms with Crippen molar-refractivity contribution in [2.75, 3.05) is 6.61 Å². The number of rotatable bonds is 3. The molecule has 0 amide bonds. The van der Waals surface area contributed by atoms with Crippen LogP contribution >= 0.6 is 12.6 Å². The monoisotopic (exact) mass is 196 g/mol. The molecule has 0 heterocycles. The molecule has 0 aromatic heterocycles. The number of thiol groups is 1. The minimum Gasteiger partial charge on any atom is -0.494 e. The third-order valence-corrected chi connectivity index (χ3v) is 2.44. The van der Waals surface area contributed by atoms with Gasteiger partial charge in [-0.15, -0.1) is 0 Å². The van der Waals surface area contributed by atoms with Gasteiger partial charge in [-0.05, 0) is 43.5 Å². The Bertz CT molecular complexity index is 294. The average molecular weight is 196 g/mol. The lowest BCUT2D eigenvalue weighted by atomic mass is 10.1. The lowest BCUT2D eigenvalue weighted by Crippen LogP contribution is -1.96. The summed E-state index contributed by atoms with van der Waals surface area (Å²) in [6, 6.07) is 4.23. The molecule has 0 saturated heterocycles. The van der Waals surface area contributed by atoms with Gasteiger partial charge in [-0.1, -0.05) is 6.07 Å². The Morgan fingerprint density at radius 2 is 1.92 bits per heavy atom. The number of benzene rings is 1. The summed E-state index contributed by atoms with van der Waals surface area (Å²) >= 11 is 4.27. The number of hydrogen-bond acceptors (Lipinski definition) is 2. The van der Waals surface area contributed by atoms with Crippen molar-refractivity contribution in [3.8, 4) is 5.75 Å². The number of aryl methyl sites for hydroxylation is 2. The van der Waals surface area contributed by atoms with Gasteiger partial charge in [-0.2, -0.15) is 12.6 Å². The van der Waals surface area contributed by atoms with E-state index in [1.54, 1.807) is 0 Å². The molecule has 0 N–H and O–H groups in total. The lowest BCUT2D eigenvalue weighted by Gasteiger charge is -2.10. The van der Waals surface area contributed by atoms with E-state index in [-0.39, 0.29) is 0 Å².